The van der Waals surface area contributed by atoms with E-state index in [1.807, 2.05) is 37.3 Å². The maximum atomic E-state index is 12.3. The summed E-state index contributed by atoms with van der Waals surface area (Å²) in [6.45, 7) is 9.10. The molecule has 0 aliphatic heterocycles. The van der Waals surface area contributed by atoms with E-state index in [4.69, 9.17) is 0 Å². The SMILES string of the molecule is C[C@@H]1[C@H]2C[C@@H](C[C@H]1NC(=O)N[C@@H](C)c1ccccc1)C2(C)C. The van der Waals surface area contributed by atoms with E-state index in [0.717, 1.165) is 23.8 Å². The summed E-state index contributed by atoms with van der Waals surface area (Å²) >= 11 is 0. The van der Waals surface area contributed by atoms with Crippen LogP contribution >= 0.6 is 0 Å². The van der Waals surface area contributed by atoms with Crippen LogP contribution in [0.3, 0.4) is 0 Å². The molecule has 3 nitrogen and oxygen atoms in total. The Bertz CT molecular complexity index is 540. The highest BCUT2D eigenvalue weighted by Crippen LogP contribution is 2.61. The molecule has 1 aromatic rings. The average molecular weight is 300 g/mol. The van der Waals surface area contributed by atoms with E-state index in [2.05, 4.69) is 31.4 Å². The van der Waals surface area contributed by atoms with Gasteiger partial charge in [0.2, 0.25) is 0 Å². The van der Waals surface area contributed by atoms with Gasteiger partial charge in [0.05, 0.1) is 6.04 Å². The lowest BCUT2D eigenvalue weighted by atomic mass is 9.45. The fourth-order valence-electron chi connectivity index (χ4n) is 4.57. The third kappa shape index (κ3) is 2.62. The van der Waals surface area contributed by atoms with Gasteiger partial charge in [0.15, 0.2) is 0 Å². The van der Waals surface area contributed by atoms with Crippen LogP contribution in [0.1, 0.15) is 52.1 Å². The van der Waals surface area contributed by atoms with Crippen LogP contribution < -0.4 is 10.6 Å². The number of carbonyl (C=O) groups is 1. The number of urea groups is 1. The summed E-state index contributed by atoms with van der Waals surface area (Å²) in [5, 5.41) is 6.28. The molecule has 1 aromatic carbocycles. The van der Waals surface area contributed by atoms with Gasteiger partial charge in [-0.25, -0.2) is 4.79 Å². The van der Waals surface area contributed by atoms with Crippen molar-refractivity contribution in [2.45, 2.75) is 52.6 Å². The normalized spacial score (nSPS) is 33.5. The molecular formula is C19H28N2O. The Hall–Kier alpha value is -1.51. The van der Waals surface area contributed by atoms with Gasteiger partial charge in [-0.1, -0.05) is 51.1 Å². The molecule has 2 N–H and O–H groups in total. The Labute approximate surface area is 133 Å². The summed E-state index contributed by atoms with van der Waals surface area (Å²) in [5.41, 5.74) is 1.60. The molecule has 3 saturated carbocycles. The topological polar surface area (TPSA) is 41.1 Å². The summed E-state index contributed by atoms with van der Waals surface area (Å²) in [7, 11) is 0. The van der Waals surface area contributed by atoms with Gasteiger partial charge in [-0.3, -0.25) is 0 Å². The fourth-order valence-corrected chi connectivity index (χ4v) is 4.57. The molecule has 3 fully saturated rings. The van der Waals surface area contributed by atoms with Crippen LogP contribution in [0, 0.1) is 23.2 Å². The molecule has 0 heterocycles. The van der Waals surface area contributed by atoms with Crippen molar-refractivity contribution in [3.05, 3.63) is 35.9 Å². The van der Waals surface area contributed by atoms with Gasteiger partial charge < -0.3 is 10.6 Å². The monoisotopic (exact) mass is 300 g/mol. The number of hydrogen-bond donors (Lipinski definition) is 2. The molecular weight excluding hydrogens is 272 g/mol. The lowest BCUT2D eigenvalue weighted by molar-refractivity contribution is -0.112. The Morgan fingerprint density at radius 1 is 1.23 bits per heavy atom. The van der Waals surface area contributed by atoms with Crippen LogP contribution in [-0.2, 0) is 0 Å². The summed E-state index contributed by atoms with van der Waals surface area (Å²) in [6.07, 6.45) is 2.46. The molecule has 0 spiro atoms. The minimum absolute atomic E-state index is 0.0334. The summed E-state index contributed by atoms with van der Waals surface area (Å²) in [4.78, 5) is 12.3. The maximum absolute atomic E-state index is 12.3. The number of carbonyl (C=O) groups excluding carboxylic acids is 1. The van der Waals surface area contributed by atoms with Gasteiger partial charge in [0.1, 0.15) is 0 Å². The van der Waals surface area contributed by atoms with Crippen molar-refractivity contribution in [3.8, 4) is 0 Å². The molecule has 3 heteroatoms. The van der Waals surface area contributed by atoms with E-state index >= 15 is 0 Å². The van der Waals surface area contributed by atoms with E-state index in [1.54, 1.807) is 0 Å². The second-order valence-corrected chi connectivity index (χ2v) is 7.81. The number of amides is 2. The van der Waals surface area contributed by atoms with E-state index < -0.39 is 0 Å². The zero-order chi connectivity index (χ0) is 15.9. The van der Waals surface area contributed by atoms with Crippen molar-refractivity contribution in [2.24, 2.45) is 23.2 Å². The third-order valence-electron chi connectivity index (χ3n) is 6.32. The first-order valence-electron chi connectivity index (χ1n) is 8.51. The molecule has 2 bridgehead atoms. The fraction of sp³-hybridized carbons (Fsp3) is 0.632. The summed E-state index contributed by atoms with van der Waals surface area (Å²) in [6, 6.07) is 10.4. The second kappa shape index (κ2) is 5.60. The first kappa shape index (κ1) is 15.4. The Morgan fingerprint density at radius 3 is 2.50 bits per heavy atom. The number of benzene rings is 1. The molecule has 0 saturated heterocycles. The highest BCUT2D eigenvalue weighted by Gasteiger charge is 2.56. The predicted octanol–water partition coefficient (Wildman–Crippen LogP) is 4.12. The molecule has 3 aliphatic rings. The molecule has 2 amide bonds. The zero-order valence-electron chi connectivity index (χ0n) is 14.1. The van der Waals surface area contributed by atoms with Crippen molar-refractivity contribution < 1.29 is 4.79 Å². The van der Waals surface area contributed by atoms with Crippen LogP contribution in [0.5, 0.6) is 0 Å². The van der Waals surface area contributed by atoms with Gasteiger partial charge in [0.25, 0.3) is 0 Å². The molecule has 3 aliphatic carbocycles. The van der Waals surface area contributed by atoms with Crippen LogP contribution in [0.25, 0.3) is 0 Å². The number of fused-ring (bicyclic) bond motifs is 2. The van der Waals surface area contributed by atoms with Gasteiger partial charge in [-0.15, -0.1) is 0 Å². The molecule has 4 rings (SSSR count). The molecule has 0 aromatic heterocycles. The zero-order valence-corrected chi connectivity index (χ0v) is 14.1. The van der Waals surface area contributed by atoms with Crippen molar-refractivity contribution in [2.75, 3.05) is 0 Å². The van der Waals surface area contributed by atoms with Crippen LogP contribution in [0.4, 0.5) is 4.79 Å². The summed E-state index contributed by atoms with van der Waals surface area (Å²) in [5.74, 6) is 2.09. The van der Waals surface area contributed by atoms with Crippen molar-refractivity contribution in [1.29, 1.82) is 0 Å². The Kier molecular flexibility index (Phi) is 3.92. The lowest BCUT2D eigenvalue weighted by Crippen LogP contribution is -2.61. The number of nitrogens with one attached hydrogen (secondary N) is 2. The molecule has 0 unspecified atom stereocenters. The van der Waals surface area contributed by atoms with Gasteiger partial charge >= 0.3 is 6.03 Å². The maximum Gasteiger partial charge on any atom is 0.315 e. The summed E-state index contributed by atoms with van der Waals surface area (Å²) < 4.78 is 0. The molecule has 22 heavy (non-hydrogen) atoms. The quantitative estimate of drug-likeness (QED) is 0.866. The first-order chi connectivity index (χ1) is 10.4. The largest absolute Gasteiger partial charge is 0.335 e. The highest BCUT2D eigenvalue weighted by molar-refractivity contribution is 5.74. The third-order valence-corrected chi connectivity index (χ3v) is 6.32. The van der Waals surface area contributed by atoms with E-state index in [1.165, 1.54) is 6.42 Å². The van der Waals surface area contributed by atoms with E-state index in [-0.39, 0.29) is 12.1 Å². The van der Waals surface area contributed by atoms with Gasteiger partial charge in [-0.2, -0.15) is 0 Å². The van der Waals surface area contributed by atoms with Crippen LogP contribution in [0.2, 0.25) is 0 Å². The molecule has 5 atom stereocenters. The van der Waals surface area contributed by atoms with E-state index in [9.17, 15) is 4.79 Å². The van der Waals surface area contributed by atoms with Crippen LogP contribution in [-0.4, -0.2) is 12.1 Å². The van der Waals surface area contributed by atoms with Gasteiger partial charge in [-0.05, 0) is 48.5 Å². The highest BCUT2D eigenvalue weighted by atomic mass is 16.2. The second-order valence-electron chi connectivity index (χ2n) is 7.81. The predicted molar refractivity (Wildman–Crippen MR) is 89.5 cm³/mol. The van der Waals surface area contributed by atoms with Crippen molar-refractivity contribution >= 4 is 6.03 Å². The van der Waals surface area contributed by atoms with E-state index in [0.29, 0.717) is 17.4 Å². The van der Waals surface area contributed by atoms with Crippen LogP contribution in [0.15, 0.2) is 30.3 Å². The van der Waals surface area contributed by atoms with Crippen molar-refractivity contribution in [3.63, 3.8) is 0 Å². The lowest BCUT2D eigenvalue weighted by Gasteiger charge is -2.62. The minimum atomic E-state index is -0.0349. The average Bonchev–Trinajstić information content (AvgIpc) is 2.49. The Morgan fingerprint density at radius 2 is 1.91 bits per heavy atom. The number of rotatable bonds is 3. The minimum Gasteiger partial charge on any atom is -0.335 e. The Balaban J connectivity index is 1.55. The number of hydrogen-bond acceptors (Lipinski definition) is 1. The smallest absolute Gasteiger partial charge is 0.315 e. The first-order valence-corrected chi connectivity index (χ1v) is 8.51. The van der Waals surface area contributed by atoms with Gasteiger partial charge in [0, 0.05) is 6.04 Å². The molecule has 0 radical (unpaired) electrons. The molecule has 120 valence electrons. The van der Waals surface area contributed by atoms with Crippen molar-refractivity contribution in [1.82, 2.24) is 10.6 Å². The standard InChI is InChI=1S/C19H28N2O/c1-12-16-10-15(19(16,3)4)11-17(12)21-18(22)20-13(2)14-8-6-5-7-9-14/h5-9,12-13,15-17H,10-11H2,1-4H3,(H2,20,21,22)/t12-,13+,15+,16-,17-/m1/s1.